The van der Waals surface area contributed by atoms with Crippen LogP contribution in [0.1, 0.15) is 48.7 Å². The number of pyridine rings is 1. The van der Waals surface area contributed by atoms with Gasteiger partial charge in [0.25, 0.3) is 5.56 Å². The Labute approximate surface area is 160 Å². The van der Waals surface area contributed by atoms with Gasteiger partial charge in [0.05, 0.1) is 5.56 Å². The molecule has 0 saturated heterocycles. The maximum Gasteiger partial charge on any atom is 0.335 e. The van der Waals surface area contributed by atoms with Gasteiger partial charge in [0.15, 0.2) is 0 Å². The summed E-state index contributed by atoms with van der Waals surface area (Å²) in [6.45, 7) is 12.0. The molecule has 0 atom stereocenters. The largest absolute Gasteiger partial charge is 0.478 e. The summed E-state index contributed by atoms with van der Waals surface area (Å²) < 4.78 is 1.54. The Balaban J connectivity index is 0. The van der Waals surface area contributed by atoms with Crippen LogP contribution in [0.3, 0.4) is 0 Å². The summed E-state index contributed by atoms with van der Waals surface area (Å²) in [5.74, 6) is -0.912. The van der Waals surface area contributed by atoms with E-state index in [0.29, 0.717) is 17.5 Å². The van der Waals surface area contributed by atoms with Gasteiger partial charge in [-0.2, -0.15) is 0 Å². The molecule has 1 N–H and O–H groups in total. The van der Waals surface area contributed by atoms with Gasteiger partial charge in [-0.1, -0.05) is 39.3 Å². The van der Waals surface area contributed by atoms with Crippen molar-refractivity contribution in [3.63, 3.8) is 0 Å². The van der Waals surface area contributed by atoms with Crippen LogP contribution in [0.15, 0.2) is 35.3 Å². The van der Waals surface area contributed by atoms with Gasteiger partial charge in [0.1, 0.15) is 13.6 Å². The van der Waals surface area contributed by atoms with Gasteiger partial charge in [0, 0.05) is 18.8 Å². The molecule has 0 saturated carbocycles. The number of nitrogens with zero attached hydrogens (tertiary/aromatic N) is 1. The first-order chi connectivity index (χ1) is 12.8. The van der Waals surface area contributed by atoms with Crippen LogP contribution in [-0.4, -0.2) is 29.2 Å². The van der Waals surface area contributed by atoms with Crippen molar-refractivity contribution in [3.05, 3.63) is 57.5 Å². The van der Waals surface area contributed by atoms with Crippen LogP contribution in [0.4, 0.5) is 0 Å². The van der Waals surface area contributed by atoms with Crippen LogP contribution in [0, 0.1) is 6.92 Å². The van der Waals surface area contributed by atoms with Gasteiger partial charge in [0.2, 0.25) is 0 Å². The van der Waals surface area contributed by atoms with Crippen molar-refractivity contribution in [2.24, 2.45) is 7.05 Å². The zero-order valence-corrected chi connectivity index (χ0v) is 16.7. The highest BCUT2D eigenvalue weighted by molar-refractivity contribution is 5.90. The minimum Gasteiger partial charge on any atom is -0.478 e. The first kappa shape index (κ1) is 26.2. The molecule has 0 radical (unpaired) electrons. The number of benzene rings is 1. The maximum atomic E-state index is 11.7. The molecule has 27 heavy (non-hydrogen) atoms. The number of aromatic nitrogens is 1. The lowest BCUT2D eigenvalue weighted by atomic mass is 9.98. The number of carboxylic acid groups (broad SMARTS) is 1. The van der Waals surface area contributed by atoms with Crippen LogP contribution in [0.25, 0.3) is 11.1 Å². The molecule has 0 aliphatic heterocycles. The van der Waals surface area contributed by atoms with Crippen LogP contribution < -0.4 is 5.56 Å². The normalized spacial score (nSPS) is 8.78. The van der Waals surface area contributed by atoms with Gasteiger partial charge < -0.3 is 19.3 Å². The Kier molecular flexibility index (Phi) is 13.8. The van der Waals surface area contributed by atoms with Crippen LogP contribution in [0.5, 0.6) is 0 Å². The van der Waals surface area contributed by atoms with E-state index >= 15 is 0 Å². The molecule has 1 aromatic heterocycles. The molecule has 0 spiro atoms. The summed E-state index contributed by atoms with van der Waals surface area (Å²) in [6, 6.07) is 7.11. The van der Waals surface area contributed by atoms with Crippen molar-refractivity contribution in [3.8, 4) is 11.1 Å². The molecule has 1 aromatic carbocycles. The maximum absolute atomic E-state index is 11.7. The molecule has 1 heterocycles. The molecule has 2 rings (SSSR count). The summed E-state index contributed by atoms with van der Waals surface area (Å²) in [7, 11) is 1.71. The molecule has 0 unspecified atom stereocenters. The molecule has 0 aliphatic rings. The fourth-order valence-electron chi connectivity index (χ4n) is 2.31. The zero-order chi connectivity index (χ0) is 21.6. The third-order valence-electron chi connectivity index (χ3n) is 3.41. The molecule has 6 heteroatoms. The molecular weight excluding hydrogens is 346 g/mol. The second-order valence-electron chi connectivity index (χ2n) is 5.57. The Bertz CT molecular complexity index is 752. The number of aromatic carboxylic acids is 1. The first-order valence-electron chi connectivity index (χ1n) is 8.47. The average Bonchev–Trinajstić information content (AvgIpc) is 2.68. The van der Waals surface area contributed by atoms with E-state index in [2.05, 4.69) is 13.8 Å². The molecular formula is C21H29NO5. The van der Waals surface area contributed by atoms with Crippen LogP contribution >= 0.6 is 0 Å². The van der Waals surface area contributed by atoms with Gasteiger partial charge in [-0.15, -0.1) is 0 Å². The number of carboxylic acids is 1. The molecule has 6 nitrogen and oxygen atoms in total. The summed E-state index contributed by atoms with van der Waals surface area (Å²) in [5.41, 5.74) is 3.61. The second kappa shape index (κ2) is 14.2. The zero-order valence-electron chi connectivity index (χ0n) is 16.7. The van der Waals surface area contributed by atoms with Crippen molar-refractivity contribution < 1.29 is 19.5 Å². The van der Waals surface area contributed by atoms with E-state index in [1.54, 1.807) is 36.9 Å². The molecule has 148 valence electrons. The summed E-state index contributed by atoms with van der Waals surface area (Å²) in [6.07, 6.45) is 3.67. The van der Waals surface area contributed by atoms with Gasteiger partial charge in [-0.25, -0.2) is 4.79 Å². The van der Waals surface area contributed by atoms with Crippen molar-refractivity contribution >= 4 is 19.5 Å². The minimum absolute atomic E-state index is 0.0216. The fourth-order valence-corrected chi connectivity index (χ4v) is 2.31. The van der Waals surface area contributed by atoms with Crippen molar-refractivity contribution in [2.75, 3.05) is 0 Å². The smallest absolute Gasteiger partial charge is 0.335 e. The monoisotopic (exact) mass is 375 g/mol. The quantitative estimate of drug-likeness (QED) is 0.883. The number of hydrogen-bond acceptors (Lipinski definition) is 4. The molecule has 2 aromatic rings. The van der Waals surface area contributed by atoms with E-state index < -0.39 is 5.97 Å². The van der Waals surface area contributed by atoms with E-state index in [4.69, 9.17) is 14.7 Å². The summed E-state index contributed by atoms with van der Waals surface area (Å²) in [4.78, 5) is 38.8. The van der Waals surface area contributed by atoms with Gasteiger partial charge in [-0.05, 0) is 42.2 Å². The lowest BCUT2D eigenvalue weighted by molar-refractivity contribution is -0.0987. The molecule has 0 aliphatic carbocycles. The average molecular weight is 375 g/mol. The highest BCUT2D eigenvalue weighted by atomic mass is 16.4. The number of carbonyl (C=O) groups is 3. The Morgan fingerprint density at radius 2 is 1.56 bits per heavy atom. The summed E-state index contributed by atoms with van der Waals surface area (Å²) in [5, 5.41) is 9.14. The SMILES string of the molecule is C=O.C=O.CCC.CCc1cc(-c2cc(C)c(=O)n(C)c2)ccc1C(=O)O. The Hall–Kier alpha value is -3.02. The van der Waals surface area contributed by atoms with Crippen LogP contribution in [-0.2, 0) is 23.1 Å². The van der Waals surface area contributed by atoms with Crippen molar-refractivity contribution in [1.82, 2.24) is 4.57 Å². The Morgan fingerprint density at radius 3 is 1.96 bits per heavy atom. The molecule has 0 fully saturated rings. The summed E-state index contributed by atoms with van der Waals surface area (Å²) >= 11 is 0. The predicted octanol–water partition coefficient (Wildman–Crippen LogP) is 3.67. The lowest BCUT2D eigenvalue weighted by Crippen LogP contribution is -2.18. The topological polar surface area (TPSA) is 93.4 Å². The lowest BCUT2D eigenvalue weighted by Gasteiger charge is -2.10. The van der Waals surface area contributed by atoms with E-state index in [1.807, 2.05) is 32.6 Å². The number of carbonyl (C=O) groups excluding carboxylic acids is 2. The molecule has 0 amide bonds. The van der Waals surface area contributed by atoms with Crippen LogP contribution in [0.2, 0.25) is 0 Å². The number of rotatable bonds is 3. The van der Waals surface area contributed by atoms with Crippen molar-refractivity contribution in [2.45, 2.75) is 40.5 Å². The van der Waals surface area contributed by atoms with E-state index in [1.165, 1.54) is 6.42 Å². The third kappa shape index (κ3) is 7.81. The second-order valence-corrected chi connectivity index (χ2v) is 5.57. The van der Waals surface area contributed by atoms with Gasteiger partial charge in [-0.3, -0.25) is 4.79 Å². The van der Waals surface area contributed by atoms with Gasteiger partial charge >= 0.3 is 5.97 Å². The highest BCUT2D eigenvalue weighted by Gasteiger charge is 2.11. The minimum atomic E-state index is -0.912. The predicted molar refractivity (Wildman–Crippen MR) is 108 cm³/mol. The third-order valence-corrected chi connectivity index (χ3v) is 3.41. The first-order valence-corrected chi connectivity index (χ1v) is 8.47. The van der Waals surface area contributed by atoms with E-state index in [-0.39, 0.29) is 5.56 Å². The number of aryl methyl sites for hydroxylation is 3. The standard InChI is InChI=1S/C16H17NO3.C3H8.2CH2O/c1-4-11-8-12(5-6-14(11)16(19)20)13-7-10(2)15(18)17(3)9-13;1-3-2;2*1-2/h5-9H,4H2,1-3H3,(H,19,20);3H2,1-2H3;2*1H2. The Morgan fingerprint density at radius 1 is 1.04 bits per heavy atom. The highest BCUT2D eigenvalue weighted by Crippen LogP contribution is 2.23. The van der Waals surface area contributed by atoms with E-state index in [9.17, 15) is 9.59 Å². The number of hydrogen-bond donors (Lipinski definition) is 1. The fraction of sp³-hybridized carbons (Fsp3) is 0.333. The van der Waals surface area contributed by atoms with Crippen molar-refractivity contribution in [1.29, 1.82) is 0 Å². The van der Waals surface area contributed by atoms with E-state index in [0.717, 1.165) is 16.7 Å². The molecule has 0 bridgehead atoms.